The average Bonchev–Trinajstić information content (AvgIpc) is 3.07. The quantitative estimate of drug-likeness (QED) is 0.0779. The third-order valence-electron chi connectivity index (χ3n) is 8.79. The molecule has 0 aromatic heterocycles. The van der Waals surface area contributed by atoms with Crippen LogP contribution < -0.4 is 9.47 Å². The smallest absolute Gasteiger partial charge is 0.341 e. The highest BCUT2D eigenvalue weighted by atomic mass is 16.5. The normalized spacial score (nSPS) is 16.2. The average molecular weight is 611 g/mol. The molecule has 238 valence electrons. The largest absolute Gasteiger partial charge is 0.423 e. The Kier molecular flexibility index (Phi) is 12.7. The van der Waals surface area contributed by atoms with E-state index in [1.807, 2.05) is 24.3 Å². The summed E-state index contributed by atoms with van der Waals surface area (Å²) in [5.74, 6) is 0.446. The first-order valence-corrected chi connectivity index (χ1v) is 16.2. The summed E-state index contributed by atoms with van der Waals surface area (Å²) in [6.45, 7) is 8.18. The third-order valence-corrected chi connectivity index (χ3v) is 8.79. The van der Waals surface area contributed by atoms with Crippen LogP contribution in [0.15, 0.2) is 91.0 Å². The van der Waals surface area contributed by atoms with Gasteiger partial charge in [-0.15, -0.1) is 0 Å². The van der Waals surface area contributed by atoms with Crippen molar-refractivity contribution in [1.29, 1.82) is 0 Å². The van der Waals surface area contributed by atoms with Crippen LogP contribution in [0.4, 0.5) is 0 Å². The van der Waals surface area contributed by atoms with Gasteiger partial charge in [0.2, 0.25) is 0 Å². The van der Waals surface area contributed by atoms with Gasteiger partial charge in [0.15, 0.2) is 0 Å². The number of benzene rings is 3. The Morgan fingerprint density at radius 1 is 0.667 bits per heavy atom. The van der Waals surface area contributed by atoms with Gasteiger partial charge in [0.25, 0.3) is 0 Å². The van der Waals surface area contributed by atoms with Gasteiger partial charge in [-0.05, 0) is 64.6 Å². The topological polar surface area (TPSA) is 93.1 Å². The van der Waals surface area contributed by atoms with Crippen LogP contribution in [0.5, 0.6) is 11.5 Å². The number of rotatable bonds is 15. The maximum atomic E-state index is 12.2. The van der Waals surface area contributed by atoms with Crippen molar-refractivity contribution in [1.82, 2.24) is 0 Å². The Morgan fingerprint density at radius 3 is 1.58 bits per heavy atom. The highest BCUT2D eigenvalue weighted by Gasteiger charge is 2.21. The summed E-state index contributed by atoms with van der Waals surface area (Å²) in [7, 11) is 0. The molecular formula is C39H46O6. The van der Waals surface area contributed by atoms with Crippen molar-refractivity contribution in [3.63, 3.8) is 0 Å². The third kappa shape index (κ3) is 10.0. The van der Waals surface area contributed by atoms with E-state index >= 15 is 0 Å². The van der Waals surface area contributed by atoms with Crippen LogP contribution in [-0.2, 0) is 16.0 Å². The summed E-state index contributed by atoms with van der Waals surface area (Å²) in [5, 5.41) is 18.5. The zero-order valence-corrected chi connectivity index (χ0v) is 26.4. The number of aryl methyl sites for hydroxylation is 1. The lowest BCUT2D eigenvalue weighted by atomic mass is 9.78. The fourth-order valence-electron chi connectivity index (χ4n) is 5.93. The van der Waals surface area contributed by atoms with Crippen LogP contribution in [0.1, 0.15) is 70.3 Å². The van der Waals surface area contributed by atoms with Gasteiger partial charge in [0.1, 0.15) is 11.5 Å². The van der Waals surface area contributed by atoms with E-state index in [1.54, 1.807) is 12.1 Å². The molecule has 1 aliphatic carbocycles. The number of hydrogen-bond donors (Lipinski definition) is 2. The molecular weight excluding hydrogens is 564 g/mol. The first kappa shape index (κ1) is 33.9. The van der Waals surface area contributed by atoms with E-state index in [2.05, 4.69) is 44.3 Å². The Labute approximate surface area is 267 Å². The van der Waals surface area contributed by atoms with Gasteiger partial charge in [-0.25, -0.2) is 9.59 Å². The summed E-state index contributed by atoms with van der Waals surface area (Å²) in [6, 6.07) is 21.4. The molecule has 0 radical (unpaired) electrons. The molecule has 6 nitrogen and oxygen atoms in total. The second-order valence-electron chi connectivity index (χ2n) is 12.2. The molecule has 45 heavy (non-hydrogen) atoms. The van der Waals surface area contributed by atoms with Gasteiger partial charge in [-0.1, -0.05) is 120 Å². The maximum absolute atomic E-state index is 12.2. The lowest BCUT2D eigenvalue weighted by Crippen LogP contribution is -2.15. The minimum absolute atomic E-state index is 0.108. The van der Waals surface area contributed by atoms with Crippen LogP contribution >= 0.6 is 0 Å². The summed E-state index contributed by atoms with van der Waals surface area (Å²) in [5.41, 5.74) is 4.81. The van der Waals surface area contributed by atoms with Crippen molar-refractivity contribution in [2.75, 3.05) is 13.2 Å². The van der Waals surface area contributed by atoms with Crippen LogP contribution in [0, 0.1) is 11.8 Å². The van der Waals surface area contributed by atoms with Crippen molar-refractivity contribution in [2.24, 2.45) is 11.8 Å². The monoisotopic (exact) mass is 610 g/mol. The van der Waals surface area contributed by atoms with Crippen molar-refractivity contribution in [2.45, 2.75) is 71.1 Å². The predicted octanol–water partition coefficient (Wildman–Crippen LogP) is 8.25. The summed E-state index contributed by atoms with van der Waals surface area (Å²) in [4.78, 5) is 24.5. The molecule has 0 unspecified atom stereocenters. The molecule has 2 N–H and O–H groups in total. The highest BCUT2D eigenvalue weighted by molar-refractivity contribution is 5.91. The molecule has 0 spiro atoms. The fourth-order valence-corrected chi connectivity index (χ4v) is 5.93. The van der Waals surface area contributed by atoms with E-state index < -0.39 is 25.2 Å². The molecule has 6 heteroatoms. The summed E-state index contributed by atoms with van der Waals surface area (Å²) < 4.78 is 10.7. The standard InChI is InChI=1S/C39H46O6/c1-4-5-6-7-29-8-10-30(11-9-29)12-13-31-14-16-32(17-15-31)33-18-20-34(21-19-33)35-22-36(44-38(42)27(2)25-40)24-37(23-35)45-39(43)28(3)26-41/h14-24,29-30,40-41H,2-13,25-26H2,1H3. The zero-order chi connectivity index (χ0) is 32.2. The first-order valence-electron chi connectivity index (χ1n) is 16.2. The highest BCUT2D eigenvalue weighted by Crippen LogP contribution is 2.35. The maximum Gasteiger partial charge on any atom is 0.341 e. The number of ether oxygens (including phenoxy) is 2. The molecule has 0 heterocycles. The SMILES string of the molecule is C=C(CO)C(=O)Oc1cc(OC(=O)C(=C)CO)cc(-c2ccc(-c3ccc(CCC4CCC(CCCCC)CC4)cc3)cc2)c1. The van der Waals surface area contributed by atoms with Gasteiger partial charge in [0, 0.05) is 6.07 Å². The van der Waals surface area contributed by atoms with E-state index in [0.29, 0.717) is 5.56 Å². The van der Waals surface area contributed by atoms with Gasteiger partial charge >= 0.3 is 11.9 Å². The number of carbonyl (C=O) groups is 2. The summed E-state index contributed by atoms with van der Waals surface area (Å²) >= 11 is 0. The number of unbranched alkanes of at least 4 members (excludes halogenated alkanes) is 2. The van der Waals surface area contributed by atoms with E-state index in [1.165, 1.54) is 69.4 Å². The molecule has 0 saturated heterocycles. The Hall–Kier alpha value is -4.00. The lowest BCUT2D eigenvalue weighted by molar-refractivity contribution is -0.131. The van der Waals surface area contributed by atoms with Gasteiger partial charge in [0.05, 0.1) is 24.4 Å². The lowest BCUT2D eigenvalue weighted by Gasteiger charge is -2.28. The molecule has 3 aromatic rings. The van der Waals surface area contributed by atoms with Crippen LogP contribution in [0.2, 0.25) is 0 Å². The zero-order valence-electron chi connectivity index (χ0n) is 26.4. The molecule has 4 rings (SSSR count). The van der Waals surface area contributed by atoms with Crippen molar-refractivity contribution < 1.29 is 29.3 Å². The molecule has 3 aromatic carbocycles. The number of carbonyl (C=O) groups excluding carboxylic acids is 2. The molecule has 0 bridgehead atoms. The Morgan fingerprint density at radius 2 is 1.11 bits per heavy atom. The van der Waals surface area contributed by atoms with E-state index in [-0.39, 0.29) is 22.6 Å². The molecule has 0 atom stereocenters. The van der Waals surface area contributed by atoms with E-state index in [0.717, 1.165) is 34.9 Å². The van der Waals surface area contributed by atoms with Crippen molar-refractivity contribution >= 4 is 11.9 Å². The van der Waals surface area contributed by atoms with Crippen LogP contribution in [-0.4, -0.2) is 35.4 Å². The second kappa shape index (κ2) is 16.9. The minimum atomic E-state index is -0.796. The number of aliphatic hydroxyl groups is 2. The Balaban J connectivity index is 1.40. The second-order valence-corrected chi connectivity index (χ2v) is 12.2. The van der Waals surface area contributed by atoms with Gasteiger partial charge < -0.3 is 19.7 Å². The molecule has 0 aliphatic heterocycles. The van der Waals surface area contributed by atoms with Crippen LogP contribution in [0.25, 0.3) is 22.3 Å². The number of aliphatic hydroxyl groups excluding tert-OH is 2. The fraction of sp³-hybridized carbons (Fsp3) is 0.385. The van der Waals surface area contributed by atoms with E-state index in [9.17, 15) is 19.8 Å². The van der Waals surface area contributed by atoms with Crippen LogP contribution in [0.3, 0.4) is 0 Å². The van der Waals surface area contributed by atoms with Gasteiger partial charge in [-0.3, -0.25) is 0 Å². The number of esters is 2. The molecule has 1 saturated carbocycles. The minimum Gasteiger partial charge on any atom is -0.423 e. The molecule has 0 amide bonds. The number of hydrogen-bond acceptors (Lipinski definition) is 6. The van der Waals surface area contributed by atoms with E-state index in [4.69, 9.17) is 9.47 Å². The predicted molar refractivity (Wildman–Crippen MR) is 179 cm³/mol. The van der Waals surface area contributed by atoms with Crippen molar-refractivity contribution in [3.05, 3.63) is 96.6 Å². The Bertz CT molecular complexity index is 1400. The van der Waals surface area contributed by atoms with Crippen molar-refractivity contribution in [3.8, 4) is 33.8 Å². The van der Waals surface area contributed by atoms with Gasteiger partial charge in [-0.2, -0.15) is 0 Å². The summed E-state index contributed by atoms with van der Waals surface area (Å²) in [6.07, 6.45) is 13.5. The molecule has 1 aliphatic rings. The molecule has 1 fully saturated rings. The first-order chi connectivity index (χ1) is 21.8.